The second-order valence-electron chi connectivity index (χ2n) is 3.17. The van der Waals surface area contributed by atoms with Crippen LogP contribution in [0.4, 0.5) is 0 Å². The lowest BCUT2D eigenvalue weighted by Crippen LogP contribution is -1.16. The van der Waals surface area contributed by atoms with Gasteiger partial charge in [0, 0.05) is 0 Å². The molecule has 4 heterocycles. The second kappa shape index (κ2) is 19.5. The van der Waals surface area contributed by atoms with Gasteiger partial charge in [0.05, 0.1) is 0 Å². The molecule has 0 radical (unpaired) electrons. The predicted molar refractivity (Wildman–Crippen MR) is 109 cm³/mol. The van der Waals surface area contributed by atoms with Crippen molar-refractivity contribution in [1.82, 2.24) is 0 Å². The van der Waals surface area contributed by atoms with Crippen molar-refractivity contribution >= 4 is 45.3 Å². The zero-order valence-electron chi connectivity index (χ0n) is 12.3. The van der Waals surface area contributed by atoms with Gasteiger partial charge in [0.15, 0.2) is 0 Å². The van der Waals surface area contributed by atoms with Crippen LogP contribution in [0.1, 0.15) is 0 Å². The van der Waals surface area contributed by atoms with E-state index in [1.165, 1.54) is 0 Å². The van der Waals surface area contributed by atoms with Crippen molar-refractivity contribution in [2.75, 3.05) is 0 Å². The average molecular weight is 365 g/mol. The first-order valence-electron chi connectivity index (χ1n) is 6.39. The minimum Gasteiger partial charge on any atom is -0.152 e. The van der Waals surface area contributed by atoms with Gasteiger partial charge >= 0.3 is 0 Å². The fourth-order valence-electron chi connectivity index (χ4n) is 0.907. The Kier molecular flexibility index (Phi) is 18.2. The molecule has 0 atom stereocenters. The molecule has 0 nitrogen and oxygen atoms in total. The monoisotopic (exact) mass is 364 g/mol. The van der Waals surface area contributed by atoms with Crippen molar-refractivity contribution in [2.24, 2.45) is 0 Å². The van der Waals surface area contributed by atoms with Crippen LogP contribution in [0.2, 0.25) is 0 Å². The van der Waals surface area contributed by atoms with E-state index in [9.17, 15) is 0 Å². The maximum atomic E-state index is 3.00. The molecule has 0 amide bonds. The van der Waals surface area contributed by atoms with Crippen molar-refractivity contribution in [3.63, 3.8) is 0 Å². The highest BCUT2D eigenvalue weighted by molar-refractivity contribution is 7.08. The number of hydrogen-bond donors (Lipinski definition) is 0. The van der Waals surface area contributed by atoms with Crippen LogP contribution in [0.5, 0.6) is 0 Å². The Labute approximate surface area is 149 Å². The third-order valence-electron chi connectivity index (χ3n) is 1.70. The van der Waals surface area contributed by atoms with Gasteiger partial charge in [0.1, 0.15) is 0 Å². The first kappa shape index (κ1) is 20.5. The topological polar surface area (TPSA) is 0 Å². The molecule has 0 aromatic carbocycles. The molecule has 4 rings (SSSR count). The van der Waals surface area contributed by atoms with Gasteiger partial charge < -0.3 is 0 Å². The predicted octanol–water partition coefficient (Wildman–Crippen LogP) is 7.79. The highest BCUT2D eigenvalue weighted by atomic mass is 32.1. The quantitative estimate of drug-likeness (QED) is 0.279. The summed E-state index contributed by atoms with van der Waals surface area (Å²) in [6, 6.07) is 16.1. The van der Waals surface area contributed by atoms with E-state index < -0.39 is 0 Å². The summed E-state index contributed by atoms with van der Waals surface area (Å²) in [5.74, 6) is 0. The normalized spacial score (nSPS) is 7.45. The van der Waals surface area contributed by atoms with Gasteiger partial charge in [-0.3, -0.25) is 0 Å². The smallest absolute Gasteiger partial charge is 0.00934 e. The molecule has 0 aliphatic carbocycles. The van der Waals surface area contributed by atoms with Crippen molar-refractivity contribution in [2.45, 2.75) is 0 Å². The lowest BCUT2D eigenvalue weighted by molar-refractivity contribution is 2.03. The van der Waals surface area contributed by atoms with E-state index in [1.54, 1.807) is 45.3 Å². The van der Waals surface area contributed by atoms with E-state index in [4.69, 9.17) is 0 Å². The summed E-state index contributed by atoms with van der Waals surface area (Å²) in [4.78, 5) is 0. The Morgan fingerprint density at radius 1 is 0.318 bits per heavy atom. The molecule has 0 spiro atoms. The molecule has 4 aromatic heterocycles. The highest BCUT2D eigenvalue weighted by Crippen LogP contribution is 1.93. The summed E-state index contributed by atoms with van der Waals surface area (Å²) < 4.78 is 0. The summed E-state index contributed by atoms with van der Waals surface area (Å²) in [7, 11) is 0. The van der Waals surface area contributed by atoms with E-state index >= 15 is 0 Å². The Morgan fingerprint density at radius 2 is 0.455 bits per heavy atom. The van der Waals surface area contributed by atoms with Crippen molar-refractivity contribution in [3.8, 4) is 0 Å². The van der Waals surface area contributed by atoms with Gasteiger partial charge in [0.2, 0.25) is 0 Å². The standard InChI is InChI=1S/4C4H4S.C2H4/c4*1-2-4-5-3-1;1-2/h4*1-4H;1-2H2. The van der Waals surface area contributed by atoms with Crippen LogP contribution in [-0.4, -0.2) is 0 Å². The van der Waals surface area contributed by atoms with Crippen LogP contribution in [0.15, 0.2) is 105 Å². The molecule has 0 aliphatic heterocycles. The van der Waals surface area contributed by atoms with E-state index in [2.05, 4.69) is 13.2 Å². The van der Waals surface area contributed by atoms with Gasteiger partial charge in [-0.2, -0.15) is 45.3 Å². The molecule has 0 bridgehead atoms. The van der Waals surface area contributed by atoms with Crippen LogP contribution < -0.4 is 0 Å². The molecule has 0 saturated heterocycles. The highest BCUT2D eigenvalue weighted by Gasteiger charge is 1.60. The molecule has 0 unspecified atom stereocenters. The summed E-state index contributed by atoms with van der Waals surface area (Å²) in [5.41, 5.74) is 0. The molecule has 116 valence electrons. The molecule has 0 aliphatic rings. The fraction of sp³-hybridized carbons (Fsp3) is 0. The first-order chi connectivity index (χ1) is 11.0. The van der Waals surface area contributed by atoms with Gasteiger partial charge in [-0.05, 0) is 43.0 Å². The molecular weight excluding hydrogens is 344 g/mol. The summed E-state index contributed by atoms with van der Waals surface area (Å²) in [5, 5.41) is 16.3. The summed E-state index contributed by atoms with van der Waals surface area (Å²) >= 11 is 6.85. The van der Waals surface area contributed by atoms with Gasteiger partial charge in [-0.15, -0.1) is 13.2 Å². The Bertz CT molecular complexity index is 360. The lowest BCUT2D eigenvalue weighted by Gasteiger charge is -1.39. The van der Waals surface area contributed by atoms with Gasteiger partial charge in [-0.25, -0.2) is 0 Å². The Morgan fingerprint density at radius 3 is 0.500 bits per heavy atom. The molecule has 0 saturated carbocycles. The van der Waals surface area contributed by atoms with Gasteiger partial charge in [-0.1, -0.05) is 48.5 Å². The number of hydrogen-bond acceptors (Lipinski definition) is 4. The molecule has 4 heteroatoms. The van der Waals surface area contributed by atoms with E-state index in [0.29, 0.717) is 0 Å². The minimum atomic E-state index is 1.71. The van der Waals surface area contributed by atoms with Crippen molar-refractivity contribution in [3.05, 3.63) is 105 Å². The van der Waals surface area contributed by atoms with Crippen LogP contribution >= 0.6 is 45.3 Å². The molecule has 0 N–H and O–H groups in total. The van der Waals surface area contributed by atoms with E-state index in [-0.39, 0.29) is 0 Å². The fourth-order valence-corrected chi connectivity index (χ4v) is 2.72. The largest absolute Gasteiger partial charge is 0.152 e. The minimum absolute atomic E-state index is 1.71. The average Bonchev–Trinajstić information content (AvgIpc) is 3.46. The maximum absolute atomic E-state index is 3.00. The van der Waals surface area contributed by atoms with Gasteiger partial charge in [0.25, 0.3) is 0 Å². The molecule has 0 fully saturated rings. The SMILES string of the molecule is C=C.c1ccsc1.c1ccsc1.c1ccsc1.c1ccsc1. The molecular formula is C18H20S4. The Balaban J connectivity index is 0.000000258. The maximum Gasteiger partial charge on any atom is -0.00934 e. The van der Waals surface area contributed by atoms with Crippen LogP contribution in [0.25, 0.3) is 0 Å². The Hall–Kier alpha value is -1.46. The lowest BCUT2D eigenvalue weighted by atomic mass is 10.7. The summed E-state index contributed by atoms with van der Waals surface area (Å²) in [6.45, 7) is 6.00. The third kappa shape index (κ3) is 16.6. The van der Waals surface area contributed by atoms with Crippen molar-refractivity contribution < 1.29 is 0 Å². The molecule has 4 aromatic rings. The molecule has 22 heavy (non-hydrogen) atoms. The first-order valence-corrected chi connectivity index (χ1v) is 10.2. The van der Waals surface area contributed by atoms with Crippen LogP contribution in [0, 0.1) is 0 Å². The van der Waals surface area contributed by atoms with E-state index in [0.717, 1.165) is 0 Å². The van der Waals surface area contributed by atoms with Crippen LogP contribution in [-0.2, 0) is 0 Å². The second-order valence-corrected chi connectivity index (χ2v) is 6.44. The zero-order chi connectivity index (χ0) is 16.1. The summed E-state index contributed by atoms with van der Waals surface area (Å²) in [6.07, 6.45) is 0. The van der Waals surface area contributed by atoms with Crippen LogP contribution in [0.3, 0.4) is 0 Å². The third-order valence-corrected chi connectivity index (χ3v) is 4.22. The zero-order valence-corrected chi connectivity index (χ0v) is 15.6. The van der Waals surface area contributed by atoms with Crippen molar-refractivity contribution in [1.29, 1.82) is 0 Å². The number of thiophene rings is 4. The van der Waals surface area contributed by atoms with E-state index in [1.807, 2.05) is 91.6 Å². The number of rotatable bonds is 0.